The summed E-state index contributed by atoms with van der Waals surface area (Å²) in [6, 6.07) is 16.4. The molecule has 29 heavy (non-hydrogen) atoms. The minimum Gasteiger partial charge on any atom is -0.458 e. The molecular weight excluding hydrogens is 362 g/mol. The maximum atomic E-state index is 6.51. The molecule has 1 N–H and O–H groups in total. The summed E-state index contributed by atoms with van der Waals surface area (Å²) in [6.07, 6.45) is 2.00. The predicted molar refractivity (Wildman–Crippen MR) is 114 cm³/mol. The Balaban J connectivity index is 1.64. The zero-order valence-electron chi connectivity index (χ0n) is 17.4. The maximum absolute atomic E-state index is 6.51. The molecule has 0 radical (unpaired) electrons. The standard InChI is InChI=1S/C24H25N3O2/c1-15-14-24(25-19-13-17(23(3,4)5)11-12-20(19)29-24)21-16(2)26-27(22(21)28-15)18-9-7-6-8-10-18/h6-14,25H,1-5H3. The fraction of sp³-hybridized carbons (Fsp3) is 0.292. The first-order chi connectivity index (χ1) is 13.8. The fourth-order valence-corrected chi connectivity index (χ4v) is 4.07. The van der Waals surface area contributed by atoms with Gasteiger partial charge >= 0.3 is 0 Å². The van der Waals surface area contributed by atoms with Crippen LogP contribution in [-0.2, 0) is 11.1 Å². The molecule has 2 aliphatic rings. The summed E-state index contributed by atoms with van der Waals surface area (Å²) in [5.74, 6) is 2.29. The summed E-state index contributed by atoms with van der Waals surface area (Å²) in [4.78, 5) is 0. The van der Waals surface area contributed by atoms with E-state index in [2.05, 4.69) is 38.2 Å². The minimum absolute atomic E-state index is 0.0627. The number of rotatable bonds is 1. The number of benzene rings is 2. The van der Waals surface area contributed by atoms with Gasteiger partial charge in [-0.2, -0.15) is 5.10 Å². The Bertz CT molecular complexity index is 1140. The van der Waals surface area contributed by atoms with Crippen molar-refractivity contribution in [3.8, 4) is 17.3 Å². The lowest BCUT2D eigenvalue weighted by Crippen LogP contribution is -2.38. The topological polar surface area (TPSA) is 48.3 Å². The molecule has 0 amide bonds. The Hall–Kier alpha value is -3.21. The quantitative estimate of drug-likeness (QED) is 0.605. The lowest BCUT2D eigenvalue weighted by Gasteiger charge is -2.31. The van der Waals surface area contributed by atoms with E-state index >= 15 is 0 Å². The van der Waals surface area contributed by atoms with Gasteiger partial charge in [-0.3, -0.25) is 0 Å². The molecule has 2 aromatic carbocycles. The van der Waals surface area contributed by atoms with Gasteiger partial charge in [0.15, 0.2) is 0 Å². The molecule has 0 bridgehead atoms. The largest absolute Gasteiger partial charge is 0.458 e. The van der Waals surface area contributed by atoms with Gasteiger partial charge in [-0.05, 0) is 49.1 Å². The lowest BCUT2D eigenvalue weighted by atomic mass is 9.87. The number of anilines is 1. The van der Waals surface area contributed by atoms with Gasteiger partial charge in [-0.1, -0.05) is 45.0 Å². The molecule has 1 spiro atoms. The van der Waals surface area contributed by atoms with Crippen molar-refractivity contribution in [2.45, 2.75) is 45.8 Å². The summed E-state index contributed by atoms with van der Waals surface area (Å²) in [6.45, 7) is 10.6. The number of allylic oxidation sites excluding steroid dienone is 1. The van der Waals surface area contributed by atoms with Gasteiger partial charge in [0.2, 0.25) is 11.6 Å². The Morgan fingerprint density at radius 2 is 1.79 bits per heavy atom. The minimum atomic E-state index is -0.826. The van der Waals surface area contributed by atoms with E-state index in [4.69, 9.17) is 14.6 Å². The van der Waals surface area contributed by atoms with E-state index < -0.39 is 5.72 Å². The van der Waals surface area contributed by atoms with Crippen molar-refractivity contribution in [3.63, 3.8) is 0 Å². The molecule has 0 aliphatic carbocycles. The van der Waals surface area contributed by atoms with E-state index in [-0.39, 0.29) is 5.41 Å². The van der Waals surface area contributed by atoms with Crippen LogP contribution >= 0.6 is 0 Å². The highest BCUT2D eigenvalue weighted by atomic mass is 16.5. The van der Waals surface area contributed by atoms with E-state index in [0.29, 0.717) is 5.88 Å². The van der Waals surface area contributed by atoms with Gasteiger partial charge in [0.05, 0.1) is 17.1 Å². The normalized spacial score (nSPS) is 19.7. The number of para-hydroxylation sites is 1. The van der Waals surface area contributed by atoms with Crippen molar-refractivity contribution in [3.05, 3.63) is 77.2 Å². The summed E-state index contributed by atoms with van der Waals surface area (Å²) in [7, 11) is 0. The van der Waals surface area contributed by atoms with Crippen LogP contribution in [0.1, 0.15) is 44.5 Å². The van der Waals surface area contributed by atoms with Crippen molar-refractivity contribution < 1.29 is 9.47 Å². The predicted octanol–water partition coefficient (Wildman–Crippen LogP) is 5.43. The number of aryl methyl sites for hydroxylation is 1. The molecule has 1 atom stereocenters. The highest BCUT2D eigenvalue weighted by molar-refractivity contribution is 5.68. The summed E-state index contributed by atoms with van der Waals surface area (Å²) in [5, 5.41) is 8.40. The molecule has 0 fully saturated rings. The van der Waals surface area contributed by atoms with Crippen molar-refractivity contribution in [2.24, 2.45) is 0 Å². The first kappa shape index (κ1) is 17.9. The molecule has 1 aromatic heterocycles. The number of hydrogen-bond acceptors (Lipinski definition) is 4. The van der Waals surface area contributed by atoms with Crippen molar-refractivity contribution >= 4 is 5.69 Å². The molecule has 148 valence electrons. The van der Waals surface area contributed by atoms with Gasteiger partial charge in [0.1, 0.15) is 17.1 Å². The number of nitrogens with one attached hydrogen (secondary N) is 1. The van der Waals surface area contributed by atoms with Crippen molar-refractivity contribution in [1.29, 1.82) is 0 Å². The first-order valence-corrected chi connectivity index (χ1v) is 9.91. The van der Waals surface area contributed by atoms with Gasteiger partial charge in [-0.25, -0.2) is 4.68 Å². The second-order valence-corrected chi connectivity index (χ2v) is 8.79. The fourth-order valence-electron chi connectivity index (χ4n) is 4.07. The maximum Gasteiger partial charge on any atom is 0.237 e. The van der Waals surface area contributed by atoms with Crippen molar-refractivity contribution in [1.82, 2.24) is 9.78 Å². The molecule has 0 saturated heterocycles. The molecular formula is C24H25N3O2. The second-order valence-electron chi connectivity index (χ2n) is 8.79. The number of fused-ring (bicyclic) bond motifs is 3. The Morgan fingerprint density at radius 1 is 1.03 bits per heavy atom. The van der Waals surface area contributed by atoms with E-state index in [0.717, 1.165) is 34.1 Å². The highest BCUT2D eigenvalue weighted by Gasteiger charge is 2.47. The third kappa shape index (κ3) is 2.72. The molecule has 3 heterocycles. The monoisotopic (exact) mass is 387 g/mol. The summed E-state index contributed by atoms with van der Waals surface area (Å²) in [5.41, 5.74) is 4.20. The van der Waals surface area contributed by atoms with Crippen LogP contribution in [-0.4, -0.2) is 9.78 Å². The zero-order chi connectivity index (χ0) is 20.4. The smallest absolute Gasteiger partial charge is 0.237 e. The van der Waals surface area contributed by atoms with Gasteiger partial charge < -0.3 is 14.8 Å². The van der Waals surface area contributed by atoms with Crippen LogP contribution in [0.3, 0.4) is 0 Å². The molecule has 0 saturated carbocycles. The van der Waals surface area contributed by atoms with Gasteiger partial charge in [-0.15, -0.1) is 0 Å². The number of hydrogen-bond donors (Lipinski definition) is 1. The third-order valence-corrected chi connectivity index (χ3v) is 5.49. The molecule has 3 aromatic rings. The number of nitrogens with zero attached hydrogens (tertiary/aromatic N) is 2. The Labute approximate surface area is 171 Å². The summed E-state index contributed by atoms with van der Waals surface area (Å²) >= 11 is 0. The van der Waals surface area contributed by atoms with Crippen molar-refractivity contribution in [2.75, 3.05) is 5.32 Å². The van der Waals surface area contributed by atoms with Gasteiger partial charge in [0, 0.05) is 6.08 Å². The number of ether oxygens (including phenoxy) is 2. The average Bonchev–Trinajstić information content (AvgIpc) is 3.18. The van der Waals surface area contributed by atoms with E-state index in [9.17, 15) is 0 Å². The number of aromatic nitrogens is 2. The summed E-state index contributed by atoms with van der Waals surface area (Å²) < 4.78 is 14.5. The van der Waals surface area contributed by atoms with E-state index in [1.807, 2.05) is 61.0 Å². The van der Waals surface area contributed by atoms with Crippen LogP contribution in [0.4, 0.5) is 5.69 Å². The Kier molecular flexibility index (Phi) is 3.63. The second kappa shape index (κ2) is 5.89. The third-order valence-electron chi connectivity index (χ3n) is 5.49. The first-order valence-electron chi connectivity index (χ1n) is 9.91. The SMILES string of the molecule is CC1=CC2(Nc3cc(C(C)(C)C)ccc3O2)c2c(C)nn(-c3ccccc3)c2O1. The van der Waals surface area contributed by atoms with Crippen LogP contribution in [0.2, 0.25) is 0 Å². The van der Waals surface area contributed by atoms with Crippen LogP contribution in [0.25, 0.3) is 5.69 Å². The Morgan fingerprint density at radius 3 is 2.52 bits per heavy atom. The average molecular weight is 387 g/mol. The van der Waals surface area contributed by atoms with Crippen LogP contribution < -0.4 is 14.8 Å². The molecule has 5 rings (SSSR count). The molecule has 5 nitrogen and oxygen atoms in total. The lowest BCUT2D eigenvalue weighted by molar-refractivity contribution is 0.153. The van der Waals surface area contributed by atoms with Gasteiger partial charge in [0.25, 0.3) is 0 Å². The van der Waals surface area contributed by atoms with E-state index in [1.165, 1.54) is 5.56 Å². The van der Waals surface area contributed by atoms with Crippen LogP contribution in [0, 0.1) is 6.92 Å². The van der Waals surface area contributed by atoms with E-state index in [1.54, 1.807) is 0 Å². The highest BCUT2D eigenvalue weighted by Crippen LogP contribution is 2.50. The zero-order valence-corrected chi connectivity index (χ0v) is 17.4. The van der Waals surface area contributed by atoms with Crippen LogP contribution in [0.5, 0.6) is 11.6 Å². The van der Waals surface area contributed by atoms with Crippen LogP contribution in [0.15, 0.2) is 60.4 Å². The molecule has 1 unspecified atom stereocenters. The molecule has 2 aliphatic heterocycles. The molecule has 5 heteroatoms.